The van der Waals surface area contributed by atoms with Crippen LogP contribution in [0.1, 0.15) is 31.2 Å². The third kappa shape index (κ3) is 2.24. The molecule has 1 aromatic rings. The van der Waals surface area contributed by atoms with Crippen molar-refractivity contribution in [2.45, 2.75) is 37.1 Å². The average Bonchev–Trinajstić information content (AvgIpc) is 3.24. The molecule has 20 heavy (non-hydrogen) atoms. The lowest BCUT2D eigenvalue weighted by atomic mass is 9.94. The first-order valence-electron chi connectivity index (χ1n) is 7.06. The van der Waals surface area contributed by atoms with Crippen molar-refractivity contribution in [3.05, 3.63) is 29.8 Å². The Balaban J connectivity index is 1.73. The first-order valence-corrected chi connectivity index (χ1v) is 7.06. The third-order valence-electron chi connectivity index (χ3n) is 4.24. The van der Waals surface area contributed by atoms with Crippen LogP contribution in [-0.4, -0.2) is 24.4 Å². The molecule has 1 aromatic carbocycles. The van der Waals surface area contributed by atoms with Crippen molar-refractivity contribution in [1.29, 1.82) is 0 Å². The molecule has 0 spiro atoms. The highest BCUT2D eigenvalue weighted by atomic mass is 16.2. The number of nitrogens with two attached hydrogens (primary N) is 1. The van der Waals surface area contributed by atoms with E-state index >= 15 is 0 Å². The number of carbonyl (C=O) groups excluding carboxylic acids is 2. The molecular weight excluding hydrogens is 254 g/mol. The van der Waals surface area contributed by atoms with Crippen LogP contribution in [0.2, 0.25) is 0 Å². The highest BCUT2D eigenvalue weighted by molar-refractivity contribution is 5.95. The fraction of sp³-hybridized carbons (Fsp3) is 0.467. The number of hydrogen-bond acceptors (Lipinski definition) is 3. The summed E-state index contributed by atoms with van der Waals surface area (Å²) in [5.74, 6) is -0.109. The fourth-order valence-corrected chi connectivity index (χ4v) is 2.78. The van der Waals surface area contributed by atoms with E-state index in [4.69, 9.17) is 5.73 Å². The summed E-state index contributed by atoms with van der Waals surface area (Å²) in [6.45, 7) is 0.703. The Hall–Kier alpha value is -2.04. The van der Waals surface area contributed by atoms with Gasteiger partial charge in [-0.2, -0.15) is 0 Å². The number of benzene rings is 1. The van der Waals surface area contributed by atoms with Crippen molar-refractivity contribution in [2.75, 3.05) is 12.3 Å². The zero-order chi connectivity index (χ0) is 14.2. The van der Waals surface area contributed by atoms with Gasteiger partial charge < -0.3 is 16.4 Å². The number of amides is 2. The van der Waals surface area contributed by atoms with Crippen LogP contribution >= 0.6 is 0 Å². The molecule has 3 rings (SSSR count). The van der Waals surface area contributed by atoms with Gasteiger partial charge >= 0.3 is 0 Å². The van der Waals surface area contributed by atoms with Crippen LogP contribution in [0, 0.1) is 0 Å². The number of piperidine rings is 1. The largest absolute Gasteiger partial charge is 0.399 e. The topological polar surface area (TPSA) is 84.2 Å². The van der Waals surface area contributed by atoms with Crippen molar-refractivity contribution in [2.24, 2.45) is 0 Å². The molecule has 2 fully saturated rings. The van der Waals surface area contributed by atoms with E-state index in [0.29, 0.717) is 12.2 Å². The summed E-state index contributed by atoms with van der Waals surface area (Å²) < 4.78 is 0. The monoisotopic (exact) mass is 273 g/mol. The lowest BCUT2D eigenvalue weighted by molar-refractivity contribution is -0.131. The third-order valence-corrected chi connectivity index (χ3v) is 4.24. The smallest absolute Gasteiger partial charge is 0.242 e. The first kappa shape index (κ1) is 13.0. The van der Waals surface area contributed by atoms with Crippen molar-refractivity contribution in [1.82, 2.24) is 10.6 Å². The normalized spacial score (nSPS) is 23.8. The minimum Gasteiger partial charge on any atom is -0.399 e. The lowest BCUT2D eigenvalue weighted by Gasteiger charge is -2.25. The molecule has 1 heterocycles. The van der Waals surface area contributed by atoms with E-state index in [-0.39, 0.29) is 17.9 Å². The van der Waals surface area contributed by atoms with Crippen molar-refractivity contribution in [3.63, 3.8) is 0 Å². The second-order valence-electron chi connectivity index (χ2n) is 5.66. The minimum atomic E-state index is -0.453. The number of carbonyl (C=O) groups is 2. The molecule has 5 heteroatoms. The second-order valence-corrected chi connectivity index (χ2v) is 5.66. The lowest BCUT2D eigenvalue weighted by Crippen LogP contribution is -2.52. The maximum atomic E-state index is 12.5. The Morgan fingerprint density at radius 3 is 2.60 bits per heavy atom. The van der Waals surface area contributed by atoms with Crippen molar-refractivity contribution >= 4 is 17.5 Å². The Labute approximate surface area is 117 Å². The SMILES string of the molecule is Nc1ccc(C2(C(=O)NC3CCCNC3=O)CC2)cc1. The fourth-order valence-electron chi connectivity index (χ4n) is 2.78. The van der Waals surface area contributed by atoms with E-state index < -0.39 is 5.41 Å². The van der Waals surface area contributed by atoms with Gasteiger partial charge in [-0.25, -0.2) is 0 Å². The summed E-state index contributed by atoms with van der Waals surface area (Å²) in [7, 11) is 0. The van der Waals surface area contributed by atoms with Crippen LogP contribution in [0.15, 0.2) is 24.3 Å². The van der Waals surface area contributed by atoms with E-state index in [1.807, 2.05) is 24.3 Å². The van der Waals surface area contributed by atoms with Crippen LogP contribution in [0.25, 0.3) is 0 Å². The number of hydrogen-bond donors (Lipinski definition) is 3. The Morgan fingerprint density at radius 2 is 2.00 bits per heavy atom. The van der Waals surface area contributed by atoms with Crippen LogP contribution in [0.4, 0.5) is 5.69 Å². The van der Waals surface area contributed by atoms with Gasteiger partial charge in [0.1, 0.15) is 6.04 Å². The summed E-state index contributed by atoms with van der Waals surface area (Å²) >= 11 is 0. The van der Waals surface area contributed by atoms with Crippen molar-refractivity contribution in [3.8, 4) is 0 Å². The number of nitrogens with one attached hydrogen (secondary N) is 2. The quantitative estimate of drug-likeness (QED) is 0.709. The highest BCUT2D eigenvalue weighted by Crippen LogP contribution is 2.48. The molecule has 1 aliphatic heterocycles. The van der Waals surface area contributed by atoms with Crippen LogP contribution in [0.3, 0.4) is 0 Å². The number of anilines is 1. The minimum absolute atomic E-state index is 0.0377. The van der Waals surface area contributed by atoms with Crippen LogP contribution in [-0.2, 0) is 15.0 Å². The van der Waals surface area contributed by atoms with E-state index in [9.17, 15) is 9.59 Å². The van der Waals surface area contributed by atoms with Gasteiger partial charge in [-0.3, -0.25) is 9.59 Å². The van der Waals surface area contributed by atoms with E-state index in [2.05, 4.69) is 10.6 Å². The molecule has 4 N–H and O–H groups in total. The molecule has 106 valence electrons. The molecular formula is C15H19N3O2. The first-order chi connectivity index (χ1) is 9.62. The Morgan fingerprint density at radius 1 is 1.30 bits per heavy atom. The Kier molecular flexibility index (Phi) is 3.12. The molecule has 1 saturated carbocycles. The Bertz CT molecular complexity index is 535. The van der Waals surface area contributed by atoms with E-state index in [1.165, 1.54) is 0 Å². The molecule has 0 aromatic heterocycles. The van der Waals surface area contributed by atoms with Gasteiger partial charge in [0.15, 0.2) is 0 Å². The maximum Gasteiger partial charge on any atom is 0.242 e. The summed E-state index contributed by atoms with van der Waals surface area (Å²) in [5.41, 5.74) is 6.91. The van der Waals surface area contributed by atoms with Crippen LogP contribution < -0.4 is 16.4 Å². The van der Waals surface area contributed by atoms with Gasteiger partial charge in [0.05, 0.1) is 5.41 Å². The summed E-state index contributed by atoms with van der Waals surface area (Å²) in [6.07, 6.45) is 3.29. The number of nitrogen functional groups attached to an aromatic ring is 1. The van der Waals surface area contributed by atoms with Crippen LogP contribution in [0.5, 0.6) is 0 Å². The summed E-state index contributed by atoms with van der Waals surface area (Å²) in [6, 6.07) is 7.06. The molecule has 2 aliphatic rings. The predicted molar refractivity (Wildman–Crippen MR) is 75.9 cm³/mol. The molecule has 0 radical (unpaired) electrons. The van der Waals surface area contributed by atoms with E-state index in [1.54, 1.807) is 0 Å². The molecule has 1 unspecified atom stereocenters. The van der Waals surface area contributed by atoms with Gasteiger partial charge in [-0.05, 0) is 43.4 Å². The zero-order valence-corrected chi connectivity index (χ0v) is 11.3. The summed E-state index contributed by atoms with van der Waals surface area (Å²) in [5, 5.41) is 5.69. The molecule has 1 aliphatic carbocycles. The summed E-state index contributed by atoms with van der Waals surface area (Å²) in [4.78, 5) is 24.2. The predicted octanol–water partition coefficient (Wildman–Crippen LogP) is 0.695. The molecule has 1 saturated heterocycles. The zero-order valence-electron chi connectivity index (χ0n) is 11.3. The van der Waals surface area contributed by atoms with Gasteiger partial charge in [0, 0.05) is 12.2 Å². The van der Waals surface area contributed by atoms with E-state index in [0.717, 1.165) is 31.2 Å². The van der Waals surface area contributed by atoms with Gasteiger partial charge in [-0.15, -0.1) is 0 Å². The standard InChI is InChI=1S/C15H19N3O2/c16-11-5-3-10(4-6-11)15(7-8-15)14(20)18-12-2-1-9-17-13(12)19/h3-6,12H,1-2,7-9,16H2,(H,17,19)(H,18,20). The second kappa shape index (κ2) is 4.81. The maximum absolute atomic E-state index is 12.5. The highest BCUT2D eigenvalue weighted by Gasteiger charge is 2.51. The molecule has 5 nitrogen and oxygen atoms in total. The van der Waals surface area contributed by atoms with Gasteiger partial charge in [0.2, 0.25) is 11.8 Å². The van der Waals surface area contributed by atoms with Gasteiger partial charge in [0.25, 0.3) is 0 Å². The van der Waals surface area contributed by atoms with Crippen molar-refractivity contribution < 1.29 is 9.59 Å². The van der Waals surface area contributed by atoms with Gasteiger partial charge in [-0.1, -0.05) is 12.1 Å². The molecule has 1 atom stereocenters. The average molecular weight is 273 g/mol. The molecule has 0 bridgehead atoms. The number of rotatable bonds is 3. The molecule has 2 amide bonds.